The minimum absolute atomic E-state index is 0.392. The zero-order valence-corrected chi connectivity index (χ0v) is 14.4. The number of carbonyl (C=O) groups is 1. The molecule has 0 unspecified atom stereocenters. The predicted molar refractivity (Wildman–Crippen MR) is 97.0 cm³/mol. The van der Waals surface area contributed by atoms with Crippen LogP contribution in [0.3, 0.4) is 0 Å². The highest BCUT2D eigenvalue weighted by Crippen LogP contribution is 2.23. The van der Waals surface area contributed by atoms with Crippen LogP contribution < -0.4 is 5.73 Å². The second-order valence-electron chi connectivity index (χ2n) is 6.17. The van der Waals surface area contributed by atoms with Crippen LogP contribution in [0, 0.1) is 6.92 Å². The standard InChI is InChI=1S/C20H22N2O3/c1-14-6-5-7-15(10-14)12-22-13-16(11-18(21)20(23)25-24-2)17-8-3-4-9-19(17)22/h3-10,13,18H,11-12,21H2,1-2H3/t18-/m0/s1. The van der Waals surface area contributed by atoms with Crippen LogP contribution in [0.25, 0.3) is 10.9 Å². The highest BCUT2D eigenvalue weighted by atomic mass is 17.2. The van der Waals surface area contributed by atoms with Crippen LogP contribution in [-0.4, -0.2) is 23.7 Å². The molecule has 5 heteroatoms. The molecule has 0 saturated carbocycles. The first kappa shape index (κ1) is 17.2. The van der Waals surface area contributed by atoms with Crippen LogP contribution in [0.15, 0.2) is 54.7 Å². The molecular weight excluding hydrogens is 316 g/mol. The first-order valence-electron chi connectivity index (χ1n) is 8.21. The maximum Gasteiger partial charge on any atom is 0.359 e. The van der Waals surface area contributed by atoms with Crippen LogP contribution in [0.5, 0.6) is 0 Å². The molecule has 1 atom stereocenters. The molecule has 0 spiro atoms. The lowest BCUT2D eigenvalue weighted by Gasteiger charge is -2.08. The van der Waals surface area contributed by atoms with Crippen LogP contribution in [0.1, 0.15) is 16.7 Å². The molecule has 2 N–H and O–H groups in total. The van der Waals surface area contributed by atoms with Crippen LogP contribution in [0.4, 0.5) is 0 Å². The Morgan fingerprint density at radius 2 is 2.00 bits per heavy atom. The smallest absolute Gasteiger partial charge is 0.343 e. The Bertz CT molecular complexity index is 886. The average molecular weight is 338 g/mol. The Kier molecular flexibility index (Phi) is 5.16. The average Bonchev–Trinajstić information content (AvgIpc) is 2.93. The number of aromatic nitrogens is 1. The van der Waals surface area contributed by atoms with E-state index in [4.69, 9.17) is 5.73 Å². The van der Waals surface area contributed by atoms with Crippen molar-refractivity contribution in [2.75, 3.05) is 7.11 Å². The number of hydrogen-bond acceptors (Lipinski definition) is 4. The van der Waals surface area contributed by atoms with Gasteiger partial charge in [-0.25, -0.2) is 4.79 Å². The largest absolute Gasteiger partial charge is 0.359 e. The molecule has 5 nitrogen and oxygen atoms in total. The molecule has 0 fully saturated rings. The Hall–Kier alpha value is -2.63. The number of benzene rings is 2. The van der Waals surface area contributed by atoms with Crippen molar-refractivity contribution in [3.05, 3.63) is 71.4 Å². The van der Waals surface area contributed by atoms with Crippen LogP contribution in [-0.2, 0) is 27.5 Å². The molecule has 0 radical (unpaired) electrons. The summed E-state index contributed by atoms with van der Waals surface area (Å²) < 4.78 is 2.19. The fraction of sp³-hybridized carbons (Fsp3) is 0.250. The number of nitrogens with zero attached hydrogens (tertiary/aromatic N) is 1. The third-order valence-electron chi connectivity index (χ3n) is 4.21. The van der Waals surface area contributed by atoms with Crippen molar-refractivity contribution >= 4 is 16.9 Å². The Balaban J connectivity index is 1.91. The van der Waals surface area contributed by atoms with Crippen molar-refractivity contribution in [3.8, 4) is 0 Å². The molecule has 0 bridgehead atoms. The summed E-state index contributed by atoms with van der Waals surface area (Å²) in [5.41, 5.74) is 10.5. The highest BCUT2D eigenvalue weighted by Gasteiger charge is 2.19. The highest BCUT2D eigenvalue weighted by molar-refractivity contribution is 5.85. The van der Waals surface area contributed by atoms with Gasteiger partial charge in [0.05, 0.1) is 7.11 Å². The Morgan fingerprint density at radius 1 is 1.20 bits per heavy atom. The van der Waals surface area contributed by atoms with E-state index in [1.54, 1.807) is 0 Å². The van der Waals surface area contributed by atoms with Gasteiger partial charge in [0.2, 0.25) is 0 Å². The lowest BCUT2D eigenvalue weighted by Crippen LogP contribution is -2.34. The normalized spacial score (nSPS) is 12.3. The number of hydrogen-bond donors (Lipinski definition) is 1. The van der Waals surface area contributed by atoms with Gasteiger partial charge in [0.1, 0.15) is 6.04 Å². The number of aryl methyl sites for hydroxylation is 1. The molecule has 0 aliphatic rings. The van der Waals surface area contributed by atoms with Gasteiger partial charge in [0.25, 0.3) is 0 Å². The summed E-state index contributed by atoms with van der Waals surface area (Å²) in [5, 5.41) is 1.09. The third-order valence-corrected chi connectivity index (χ3v) is 4.21. The van der Waals surface area contributed by atoms with Crippen molar-refractivity contribution in [1.29, 1.82) is 0 Å². The summed E-state index contributed by atoms with van der Waals surface area (Å²) in [6.07, 6.45) is 2.45. The zero-order chi connectivity index (χ0) is 17.8. The summed E-state index contributed by atoms with van der Waals surface area (Å²) >= 11 is 0. The molecule has 3 aromatic rings. The molecule has 0 amide bonds. The molecule has 1 aromatic heterocycles. The van der Waals surface area contributed by atoms with Gasteiger partial charge in [-0.2, -0.15) is 4.89 Å². The fourth-order valence-electron chi connectivity index (χ4n) is 3.09. The van der Waals surface area contributed by atoms with E-state index in [0.717, 1.165) is 23.0 Å². The molecule has 1 heterocycles. The van der Waals surface area contributed by atoms with Gasteiger partial charge in [0.15, 0.2) is 0 Å². The van der Waals surface area contributed by atoms with E-state index in [0.29, 0.717) is 6.42 Å². The topological polar surface area (TPSA) is 66.5 Å². The number of rotatable bonds is 6. The summed E-state index contributed by atoms with van der Waals surface area (Å²) in [6, 6.07) is 15.8. The lowest BCUT2D eigenvalue weighted by molar-refractivity contribution is -0.256. The second-order valence-corrected chi connectivity index (χ2v) is 6.17. The number of nitrogens with two attached hydrogens (primary N) is 1. The van der Waals surface area contributed by atoms with Gasteiger partial charge in [-0.1, -0.05) is 48.0 Å². The van der Waals surface area contributed by atoms with Crippen molar-refractivity contribution in [3.63, 3.8) is 0 Å². The van der Waals surface area contributed by atoms with E-state index in [9.17, 15) is 4.79 Å². The summed E-state index contributed by atoms with van der Waals surface area (Å²) in [4.78, 5) is 20.7. The first-order chi connectivity index (χ1) is 12.1. The van der Waals surface area contributed by atoms with Gasteiger partial charge in [-0.3, -0.25) is 4.89 Å². The monoisotopic (exact) mass is 338 g/mol. The summed E-state index contributed by atoms with van der Waals surface area (Å²) in [6.45, 7) is 2.85. The second kappa shape index (κ2) is 7.51. The molecule has 0 saturated heterocycles. The van der Waals surface area contributed by atoms with E-state index >= 15 is 0 Å². The van der Waals surface area contributed by atoms with Gasteiger partial charge in [0, 0.05) is 30.1 Å². The van der Waals surface area contributed by atoms with Crippen molar-refractivity contribution in [2.24, 2.45) is 5.73 Å². The summed E-state index contributed by atoms with van der Waals surface area (Å²) in [7, 11) is 1.29. The van der Waals surface area contributed by atoms with Crippen molar-refractivity contribution < 1.29 is 14.6 Å². The van der Waals surface area contributed by atoms with Gasteiger partial charge >= 0.3 is 5.97 Å². The Labute approximate surface area is 146 Å². The van der Waals surface area contributed by atoms with E-state index in [-0.39, 0.29) is 0 Å². The van der Waals surface area contributed by atoms with Crippen LogP contribution >= 0.6 is 0 Å². The summed E-state index contributed by atoms with van der Waals surface area (Å²) in [5.74, 6) is -0.571. The van der Waals surface area contributed by atoms with Crippen LogP contribution in [0.2, 0.25) is 0 Å². The maximum absolute atomic E-state index is 11.7. The van der Waals surface area contributed by atoms with Crippen molar-refractivity contribution in [1.82, 2.24) is 4.57 Å². The lowest BCUT2D eigenvalue weighted by atomic mass is 10.1. The van der Waals surface area contributed by atoms with Gasteiger partial charge in [-0.05, 0) is 24.1 Å². The van der Waals surface area contributed by atoms with E-state index in [1.165, 1.54) is 18.2 Å². The maximum atomic E-state index is 11.7. The SMILES string of the molecule is COOC(=O)[C@@H](N)Cc1cn(Cc2cccc(C)c2)c2ccccc12. The zero-order valence-electron chi connectivity index (χ0n) is 14.4. The fourth-order valence-corrected chi connectivity index (χ4v) is 3.09. The van der Waals surface area contributed by atoms with E-state index in [2.05, 4.69) is 57.8 Å². The van der Waals surface area contributed by atoms with E-state index < -0.39 is 12.0 Å². The van der Waals surface area contributed by atoms with E-state index in [1.807, 2.05) is 18.2 Å². The quantitative estimate of drug-likeness (QED) is 0.554. The number of carbonyl (C=O) groups excluding carboxylic acids is 1. The minimum Gasteiger partial charge on any atom is -0.343 e. The molecule has 2 aromatic carbocycles. The number of fused-ring (bicyclic) bond motifs is 1. The van der Waals surface area contributed by atoms with Crippen molar-refractivity contribution in [2.45, 2.75) is 25.9 Å². The number of para-hydroxylation sites is 1. The minimum atomic E-state index is -0.766. The van der Waals surface area contributed by atoms with Gasteiger partial charge in [-0.15, -0.1) is 0 Å². The molecule has 130 valence electrons. The molecular formula is C20H22N2O3. The molecule has 0 aliphatic carbocycles. The Morgan fingerprint density at radius 3 is 2.76 bits per heavy atom. The molecule has 25 heavy (non-hydrogen) atoms. The third kappa shape index (κ3) is 3.90. The molecule has 0 aliphatic heterocycles. The predicted octanol–water partition coefficient (Wildman–Crippen LogP) is 2.97. The molecule has 3 rings (SSSR count). The first-order valence-corrected chi connectivity index (χ1v) is 8.21. The van der Waals surface area contributed by atoms with Gasteiger partial charge < -0.3 is 10.3 Å².